The lowest BCUT2D eigenvalue weighted by Gasteiger charge is -2.18. The molecule has 1 heterocycles. The average molecular weight is 264 g/mol. The Morgan fingerprint density at radius 2 is 2.17 bits per heavy atom. The molecule has 0 saturated carbocycles. The van der Waals surface area contributed by atoms with Crippen LogP contribution in [-0.2, 0) is 11.8 Å². The number of hydrogen-bond acceptors (Lipinski definition) is 2. The largest absolute Gasteiger partial charge is 0.341 e. The summed E-state index contributed by atoms with van der Waals surface area (Å²) in [6.07, 6.45) is 3.55. The molecule has 1 amide bonds. The summed E-state index contributed by atoms with van der Waals surface area (Å²) in [5.41, 5.74) is 0.977. The number of aryl methyl sites for hydroxylation is 1. The fourth-order valence-electron chi connectivity index (χ4n) is 1.80. The first-order valence-corrected chi connectivity index (χ1v) is 6.13. The van der Waals surface area contributed by atoms with Gasteiger partial charge in [-0.05, 0) is 5.56 Å². The first-order chi connectivity index (χ1) is 8.72. The van der Waals surface area contributed by atoms with Crippen LogP contribution in [0.15, 0.2) is 42.7 Å². The molecule has 2 rings (SSSR count). The van der Waals surface area contributed by atoms with E-state index in [9.17, 15) is 4.79 Å². The van der Waals surface area contributed by atoms with E-state index < -0.39 is 0 Å². The van der Waals surface area contributed by atoms with Crippen LogP contribution < -0.4 is 5.32 Å². The minimum absolute atomic E-state index is 0.0617. The van der Waals surface area contributed by atoms with Crippen LogP contribution in [0.2, 0.25) is 0 Å². The molecule has 0 aliphatic carbocycles. The van der Waals surface area contributed by atoms with Crippen LogP contribution in [-0.4, -0.2) is 21.3 Å². The predicted octanol–water partition coefficient (Wildman–Crippen LogP) is 1.86. The van der Waals surface area contributed by atoms with Gasteiger partial charge in [0, 0.05) is 19.4 Å². The minimum Gasteiger partial charge on any atom is -0.341 e. The van der Waals surface area contributed by atoms with Gasteiger partial charge in [-0.2, -0.15) is 0 Å². The number of nitrogens with zero attached hydrogens (tertiary/aromatic N) is 2. The Morgan fingerprint density at radius 3 is 2.72 bits per heavy atom. The van der Waals surface area contributed by atoms with Gasteiger partial charge in [0.05, 0.1) is 0 Å². The van der Waals surface area contributed by atoms with E-state index in [0.29, 0.717) is 0 Å². The van der Waals surface area contributed by atoms with E-state index in [1.807, 2.05) is 48.1 Å². The summed E-state index contributed by atoms with van der Waals surface area (Å²) in [7, 11) is 1.89. The average Bonchev–Trinajstić information content (AvgIpc) is 2.83. The van der Waals surface area contributed by atoms with Gasteiger partial charge in [-0.15, -0.1) is 11.6 Å². The lowest BCUT2D eigenvalue weighted by Crippen LogP contribution is -2.31. The molecule has 0 fully saturated rings. The van der Waals surface area contributed by atoms with Gasteiger partial charge in [0.2, 0.25) is 5.91 Å². The number of hydrogen-bond donors (Lipinski definition) is 1. The van der Waals surface area contributed by atoms with Crippen molar-refractivity contribution >= 4 is 17.5 Å². The molecule has 0 bridgehead atoms. The van der Waals surface area contributed by atoms with Gasteiger partial charge < -0.3 is 9.88 Å². The molecule has 0 spiro atoms. The van der Waals surface area contributed by atoms with Crippen LogP contribution in [0.3, 0.4) is 0 Å². The van der Waals surface area contributed by atoms with E-state index in [0.717, 1.165) is 11.4 Å². The van der Waals surface area contributed by atoms with Crippen molar-refractivity contribution in [2.75, 3.05) is 5.88 Å². The number of nitrogens with one attached hydrogen (secondary N) is 1. The van der Waals surface area contributed by atoms with E-state index >= 15 is 0 Å². The number of imidazole rings is 1. The summed E-state index contributed by atoms with van der Waals surface area (Å²) in [6, 6.07) is 9.41. The maximum absolute atomic E-state index is 11.5. The second kappa shape index (κ2) is 5.69. The smallest absolute Gasteiger partial charge is 0.235 e. The molecule has 0 aliphatic heterocycles. The summed E-state index contributed by atoms with van der Waals surface area (Å²) < 4.78 is 1.88. The summed E-state index contributed by atoms with van der Waals surface area (Å²) in [5.74, 6) is 0.501. The molecule has 94 valence electrons. The van der Waals surface area contributed by atoms with Crippen molar-refractivity contribution in [2.45, 2.75) is 6.04 Å². The number of halogens is 1. The third-order valence-electron chi connectivity index (χ3n) is 2.68. The number of benzene rings is 1. The van der Waals surface area contributed by atoms with Crippen LogP contribution in [0.4, 0.5) is 0 Å². The molecule has 4 nitrogen and oxygen atoms in total. The first-order valence-electron chi connectivity index (χ1n) is 5.60. The maximum Gasteiger partial charge on any atom is 0.235 e. The third kappa shape index (κ3) is 2.71. The van der Waals surface area contributed by atoms with E-state index in [1.54, 1.807) is 6.20 Å². The van der Waals surface area contributed by atoms with Crippen molar-refractivity contribution in [3.8, 4) is 0 Å². The summed E-state index contributed by atoms with van der Waals surface area (Å²) in [4.78, 5) is 15.8. The standard InChI is InChI=1S/C13H14ClN3O/c1-17-8-7-15-13(17)12(16-11(18)9-14)10-5-3-2-4-6-10/h2-8,12H,9H2,1H3,(H,16,18). The summed E-state index contributed by atoms with van der Waals surface area (Å²) in [6.45, 7) is 0. The molecule has 0 radical (unpaired) electrons. The monoisotopic (exact) mass is 263 g/mol. The third-order valence-corrected chi connectivity index (χ3v) is 2.92. The zero-order chi connectivity index (χ0) is 13.0. The van der Waals surface area contributed by atoms with Gasteiger partial charge in [0.25, 0.3) is 0 Å². The Labute approximate surface area is 111 Å². The van der Waals surface area contributed by atoms with E-state index in [1.165, 1.54) is 0 Å². The maximum atomic E-state index is 11.5. The Bertz CT molecular complexity index is 524. The van der Waals surface area contributed by atoms with Gasteiger partial charge in [-0.1, -0.05) is 30.3 Å². The Hall–Kier alpha value is -1.81. The molecular formula is C13H14ClN3O. The molecule has 1 unspecified atom stereocenters. The van der Waals surface area contributed by atoms with Crippen molar-refractivity contribution in [3.63, 3.8) is 0 Å². The zero-order valence-electron chi connectivity index (χ0n) is 10.0. The summed E-state index contributed by atoms with van der Waals surface area (Å²) in [5, 5.41) is 2.87. The van der Waals surface area contributed by atoms with Crippen molar-refractivity contribution < 1.29 is 4.79 Å². The first kappa shape index (κ1) is 12.6. The molecule has 5 heteroatoms. The van der Waals surface area contributed by atoms with E-state index in [4.69, 9.17) is 11.6 Å². The number of rotatable bonds is 4. The second-order valence-corrected chi connectivity index (χ2v) is 4.21. The lowest BCUT2D eigenvalue weighted by atomic mass is 10.1. The normalized spacial score (nSPS) is 12.1. The van der Waals surface area contributed by atoms with Gasteiger partial charge in [0.15, 0.2) is 0 Å². The zero-order valence-corrected chi connectivity index (χ0v) is 10.8. The van der Waals surface area contributed by atoms with Crippen LogP contribution >= 0.6 is 11.6 Å². The Balaban J connectivity index is 2.35. The fraction of sp³-hybridized carbons (Fsp3) is 0.231. The molecule has 1 aromatic heterocycles. The van der Waals surface area contributed by atoms with Crippen molar-refractivity contribution in [3.05, 3.63) is 54.1 Å². The predicted molar refractivity (Wildman–Crippen MR) is 70.4 cm³/mol. The quantitative estimate of drug-likeness (QED) is 0.856. The van der Waals surface area contributed by atoms with Crippen LogP contribution in [0.5, 0.6) is 0 Å². The molecule has 1 atom stereocenters. The number of carbonyl (C=O) groups excluding carboxylic acids is 1. The van der Waals surface area contributed by atoms with Crippen LogP contribution in [0.25, 0.3) is 0 Å². The summed E-state index contributed by atoms with van der Waals surface area (Å²) >= 11 is 5.55. The topological polar surface area (TPSA) is 46.9 Å². The molecule has 0 saturated heterocycles. The second-order valence-electron chi connectivity index (χ2n) is 3.94. The lowest BCUT2D eigenvalue weighted by molar-refractivity contribution is -0.119. The fourth-order valence-corrected chi connectivity index (χ4v) is 1.87. The van der Waals surface area contributed by atoms with Crippen LogP contribution in [0.1, 0.15) is 17.4 Å². The molecular weight excluding hydrogens is 250 g/mol. The van der Waals surface area contributed by atoms with Gasteiger partial charge in [-0.3, -0.25) is 4.79 Å². The van der Waals surface area contributed by atoms with Crippen LogP contribution in [0, 0.1) is 0 Å². The highest BCUT2D eigenvalue weighted by Gasteiger charge is 2.19. The minimum atomic E-state index is -0.280. The molecule has 1 aromatic carbocycles. The van der Waals surface area contributed by atoms with Crippen molar-refractivity contribution in [1.82, 2.24) is 14.9 Å². The number of carbonyl (C=O) groups is 1. The SMILES string of the molecule is Cn1ccnc1C(NC(=O)CCl)c1ccccc1. The Kier molecular flexibility index (Phi) is 3.99. The number of aromatic nitrogens is 2. The van der Waals surface area contributed by atoms with Gasteiger partial charge in [-0.25, -0.2) is 4.98 Å². The highest BCUT2D eigenvalue weighted by Crippen LogP contribution is 2.19. The number of amides is 1. The highest BCUT2D eigenvalue weighted by molar-refractivity contribution is 6.27. The Morgan fingerprint density at radius 1 is 1.44 bits per heavy atom. The molecule has 2 aromatic rings. The van der Waals surface area contributed by atoms with Gasteiger partial charge >= 0.3 is 0 Å². The van der Waals surface area contributed by atoms with Crippen molar-refractivity contribution in [1.29, 1.82) is 0 Å². The molecule has 18 heavy (non-hydrogen) atoms. The van der Waals surface area contributed by atoms with E-state index in [-0.39, 0.29) is 17.8 Å². The van der Waals surface area contributed by atoms with Gasteiger partial charge in [0.1, 0.15) is 17.7 Å². The van der Waals surface area contributed by atoms with E-state index in [2.05, 4.69) is 10.3 Å². The highest BCUT2D eigenvalue weighted by atomic mass is 35.5. The molecule has 1 N–H and O–H groups in total. The number of alkyl halides is 1. The van der Waals surface area contributed by atoms with Crippen molar-refractivity contribution in [2.24, 2.45) is 7.05 Å². The molecule has 0 aliphatic rings.